The lowest BCUT2D eigenvalue weighted by atomic mass is 10.0. The van der Waals surface area contributed by atoms with Crippen LogP contribution in [0, 0.1) is 5.82 Å². The molecule has 0 amide bonds. The second-order valence-electron chi connectivity index (χ2n) is 7.38. The van der Waals surface area contributed by atoms with E-state index in [0.29, 0.717) is 0 Å². The van der Waals surface area contributed by atoms with Crippen molar-refractivity contribution in [3.05, 3.63) is 91.1 Å². The molecule has 0 fully saturated rings. The third-order valence-electron chi connectivity index (χ3n) is 5.52. The van der Waals surface area contributed by atoms with Crippen LogP contribution >= 0.6 is 0 Å². The van der Waals surface area contributed by atoms with E-state index >= 15 is 0 Å². The van der Waals surface area contributed by atoms with Crippen LogP contribution in [0.4, 0.5) is 4.39 Å². The van der Waals surface area contributed by atoms with Gasteiger partial charge in [-0.1, -0.05) is 18.2 Å². The maximum atomic E-state index is 13.4. The first-order chi connectivity index (χ1) is 15.3. The lowest BCUT2D eigenvalue weighted by Gasteiger charge is -2.02. The topological polar surface area (TPSA) is 70.2 Å². The molecule has 0 aliphatic rings. The SMILES string of the molecule is Fc1ccc(-c2ccnc3[nH]c(-c4n[nH]c5ccc(-c6ccncc6)cc45)cc23)cc1. The number of H-pyrrole nitrogens is 2. The normalized spacial score (nSPS) is 11.4. The lowest BCUT2D eigenvalue weighted by Crippen LogP contribution is -1.82. The smallest absolute Gasteiger partial charge is 0.138 e. The summed E-state index contributed by atoms with van der Waals surface area (Å²) in [6.07, 6.45) is 5.33. The number of aromatic amines is 2. The van der Waals surface area contributed by atoms with Gasteiger partial charge in [0.25, 0.3) is 0 Å². The summed E-state index contributed by atoms with van der Waals surface area (Å²) in [4.78, 5) is 12.0. The van der Waals surface area contributed by atoms with Crippen LogP contribution < -0.4 is 0 Å². The van der Waals surface area contributed by atoms with Crippen LogP contribution in [-0.4, -0.2) is 25.1 Å². The number of nitrogens with zero attached hydrogens (tertiary/aromatic N) is 3. The minimum Gasteiger partial charge on any atom is -0.338 e. The molecule has 2 aromatic carbocycles. The van der Waals surface area contributed by atoms with E-state index in [-0.39, 0.29) is 5.82 Å². The molecule has 5 nitrogen and oxygen atoms in total. The molecule has 0 unspecified atom stereocenters. The van der Waals surface area contributed by atoms with E-state index in [2.05, 4.69) is 43.3 Å². The van der Waals surface area contributed by atoms with Crippen LogP contribution in [0.1, 0.15) is 0 Å². The highest BCUT2D eigenvalue weighted by atomic mass is 19.1. The summed E-state index contributed by atoms with van der Waals surface area (Å²) in [5, 5.41) is 9.66. The van der Waals surface area contributed by atoms with Crippen molar-refractivity contribution in [2.45, 2.75) is 0 Å². The van der Waals surface area contributed by atoms with Crippen LogP contribution in [0.3, 0.4) is 0 Å². The third kappa shape index (κ3) is 2.97. The van der Waals surface area contributed by atoms with Crippen molar-refractivity contribution < 1.29 is 4.39 Å². The molecule has 6 heteroatoms. The Morgan fingerprint density at radius 1 is 0.710 bits per heavy atom. The first kappa shape index (κ1) is 17.5. The zero-order chi connectivity index (χ0) is 20.8. The number of fused-ring (bicyclic) bond motifs is 2. The Labute approximate surface area is 176 Å². The fourth-order valence-electron chi connectivity index (χ4n) is 3.98. The highest BCUT2D eigenvalue weighted by Crippen LogP contribution is 2.34. The van der Waals surface area contributed by atoms with Gasteiger partial charge < -0.3 is 4.98 Å². The molecule has 4 aromatic heterocycles. The quantitative estimate of drug-likeness (QED) is 0.381. The predicted molar refractivity (Wildman–Crippen MR) is 120 cm³/mol. The Morgan fingerprint density at radius 3 is 2.35 bits per heavy atom. The summed E-state index contributed by atoms with van der Waals surface area (Å²) in [7, 11) is 0. The Kier molecular flexibility index (Phi) is 3.89. The standard InChI is InChI=1S/C25H16FN5/c26-18-4-1-16(2-5-18)19-9-12-28-25-20(19)14-23(29-25)24-21-13-17(3-6-22(21)30-31-24)15-7-10-27-11-8-15/h1-14H,(H,28,29)(H,30,31). The van der Waals surface area contributed by atoms with Gasteiger partial charge in [0.05, 0.1) is 11.2 Å². The Balaban J connectivity index is 1.51. The van der Waals surface area contributed by atoms with E-state index < -0.39 is 0 Å². The van der Waals surface area contributed by atoms with Crippen molar-refractivity contribution in [2.24, 2.45) is 0 Å². The molecule has 0 saturated heterocycles. The first-order valence-corrected chi connectivity index (χ1v) is 9.89. The lowest BCUT2D eigenvalue weighted by molar-refractivity contribution is 0.628. The summed E-state index contributed by atoms with van der Waals surface area (Å²) in [5.41, 5.74) is 7.54. The number of hydrogen-bond acceptors (Lipinski definition) is 3. The van der Waals surface area contributed by atoms with Gasteiger partial charge in [-0.05, 0) is 70.8 Å². The minimum absolute atomic E-state index is 0.253. The number of halogens is 1. The molecule has 0 bridgehead atoms. The largest absolute Gasteiger partial charge is 0.338 e. The van der Waals surface area contributed by atoms with E-state index in [4.69, 9.17) is 0 Å². The molecular weight excluding hydrogens is 389 g/mol. The highest BCUT2D eigenvalue weighted by Gasteiger charge is 2.15. The van der Waals surface area contributed by atoms with Crippen LogP contribution in [0.2, 0.25) is 0 Å². The molecule has 6 rings (SSSR count). The van der Waals surface area contributed by atoms with E-state index in [1.807, 2.05) is 24.3 Å². The van der Waals surface area contributed by atoms with Gasteiger partial charge in [0.2, 0.25) is 0 Å². The number of hydrogen-bond donors (Lipinski definition) is 2. The molecule has 4 heterocycles. The highest BCUT2D eigenvalue weighted by molar-refractivity contribution is 6.00. The van der Waals surface area contributed by atoms with Gasteiger partial charge in [-0.15, -0.1) is 0 Å². The molecule has 148 valence electrons. The maximum Gasteiger partial charge on any atom is 0.138 e. The molecule has 0 radical (unpaired) electrons. The Hall–Kier alpha value is -4.32. The van der Waals surface area contributed by atoms with Crippen molar-refractivity contribution in [1.29, 1.82) is 0 Å². The predicted octanol–water partition coefficient (Wildman–Crippen LogP) is 5.97. The zero-order valence-electron chi connectivity index (χ0n) is 16.3. The Morgan fingerprint density at radius 2 is 1.52 bits per heavy atom. The van der Waals surface area contributed by atoms with E-state index in [1.54, 1.807) is 30.7 Å². The molecule has 0 saturated carbocycles. The summed E-state index contributed by atoms with van der Waals surface area (Å²) in [6, 6.07) is 20.7. The fraction of sp³-hybridized carbons (Fsp3) is 0. The molecule has 0 aliphatic heterocycles. The summed E-state index contributed by atoms with van der Waals surface area (Å²) in [6.45, 7) is 0. The number of nitrogens with one attached hydrogen (secondary N) is 2. The van der Waals surface area contributed by atoms with Gasteiger partial charge in [0.15, 0.2) is 0 Å². The van der Waals surface area contributed by atoms with Crippen molar-refractivity contribution in [1.82, 2.24) is 25.1 Å². The average molecular weight is 405 g/mol. The molecular formula is C25H16FN5. The van der Waals surface area contributed by atoms with Crippen molar-refractivity contribution in [3.63, 3.8) is 0 Å². The van der Waals surface area contributed by atoms with E-state index in [0.717, 1.165) is 55.6 Å². The second-order valence-corrected chi connectivity index (χ2v) is 7.38. The van der Waals surface area contributed by atoms with Gasteiger partial charge >= 0.3 is 0 Å². The van der Waals surface area contributed by atoms with Crippen LogP contribution in [-0.2, 0) is 0 Å². The van der Waals surface area contributed by atoms with Crippen molar-refractivity contribution >= 4 is 21.9 Å². The number of benzene rings is 2. The molecule has 6 aromatic rings. The van der Waals surface area contributed by atoms with Crippen molar-refractivity contribution in [3.8, 4) is 33.6 Å². The van der Waals surface area contributed by atoms with E-state index in [1.165, 1.54) is 12.1 Å². The molecule has 31 heavy (non-hydrogen) atoms. The number of rotatable bonds is 3. The van der Waals surface area contributed by atoms with E-state index in [9.17, 15) is 4.39 Å². The van der Waals surface area contributed by atoms with Gasteiger partial charge in [0.1, 0.15) is 17.2 Å². The first-order valence-electron chi connectivity index (χ1n) is 9.89. The zero-order valence-corrected chi connectivity index (χ0v) is 16.3. The Bertz CT molecular complexity index is 1530. The van der Waals surface area contributed by atoms with Crippen LogP contribution in [0.25, 0.3) is 55.6 Å². The van der Waals surface area contributed by atoms with Crippen molar-refractivity contribution in [2.75, 3.05) is 0 Å². The molecule has 0 atom stereocenters. The number of aromatic nitrogens is 5. The van der Waals surface area contributed by atoms with Crippen LogP contribution in [0.15, 0.2) is 85.3 Å². The van der Waals surface area contributed by atoms with Gasteiger partial charge in [-0.2, -0.15) is 5.10 Å². The third-order valence-corrected chi connectivity index (χ3v) is 5.52. The maximum absolute atomic E-state index is 13.4. The fourth-order valence-corrected chi connectivity index (χ4v) is 3.98. The van der Waals surface area contributed by atoms with Gasteiger partial charge in [-0.3, -0.25) is 10.1 Å². The molecule has 2 N–H and O–H groups in total. The summed E-state index contributed by atoms with van der Waals surface area (Å²) < 4.78 is 13.4. The molecule has 0 aliphatic carbocycles. The van der Waals surface area contributed by atoms with Gasteiger partial charge in [-0.25, -0.2) is 9.37 Å². The summed E-state index contributed by atoms with van der Waals surface area (Å²) >= 11 is 0. The monoisotopic (exact) mass is 405 g/mol. The molecule has 0 spiro atoms. The number of pyridine rings is 2. The average Bonchev–Trinajstić information content (AvgIpc) is 3.43. The van der Waals surface area contributed by atoms with Crippen LogP contribution in [0.5, 0.6) is 0 Å². The van der Waals surface area contributed by atoms with Gasteiger partial charge in [0, 0.05) is 29.4 Å². The summed E-state index contributed by atoms with van der Waals surface area (Å²) in [5.74, 6) is -0.253. The minimum atomic E-state index is -0.253. The second kappa shape index (κ2) is 6.88.